The van der Waals surface area contributed by atoms with Crippen molar-refractivity contribution >= 4 is 28.0 Å². The van der Waals surface area contributed by atoms with Crippen LogP contribution in [0.3, 0.4) is 0 Å². The molecule has 0 aliphatic carbocycles. The molecule has 0 unspecified atom stereocenters. The molecule has 1 aromatic carbocycles. The van der Waals surface area contributed by atoms with Crippen LogP contribution in [0.4, 0.5) is 27.6 Å². The Bertz CT molecular complexity index is 1140. The number of aromatic nitrogens is 2. The maximum Gasteiger partial charge on any atom is 0.422 e. The van der Waals surface area contributed by atoms with Gasteiger partial charge in [0.25, 0.3) is 5.91 Å². The van der Waals surface area contributed by atoms with E-state index in [1.54, 1.807) is 0 Å². The molecule has 1 atom stereocenters. The van der Waals surface area contributed by atoms with Crippen molar-refractivity contribution in [3.63, 3.8) is 0 Å². The third kappa shape index (κ3) is 5.46. The second-order valence-electron chi connectivity index (χ2n) is 8.28. The van der Waals surface area contributed by atoms with Crippen LogP contribution in [0.1, 0.15) is 29.9 Å². The zero-order valence-corrected chi connectivity index (χ0v) is 19.3. The normalized spacial score (nSPS) is 22.1. The van der Waals surface area contributed by atoms with E-state index < -0.39 is 63.7 Å². The molecule has 1 aliphatic rings. The van der Waals surface area contributed by atoms with Crippen LogP contribution < -0.4 is 15.8 Å². The second-order valence-corrected chi connectivity index (χ2v) is 10.9. The first-order valence-electron chi connectivity index (χ1n) is 9.90. The quantitative estimate of drug-likeness (QED) is 0.421. The van der Waals surface area contributed by atoms with E-state index in [0.717, 1.165) is 30.6 Å². The Hall–Kier alpha value is -3.04. The lowest BCUT2D eigenvalue weighted by Crippen LogP contribution is -2.53. The molecule has 2 aromatic rings. The number of ether oxygens (including phenoxy) is 1. The first-order valence-corrected chi connectivity index (χ1v) is 11.6. The Morgan fingerprint density at radius 2 is 1.94 bits per heavy atom. The maximum absolute atomic E-state index is 14.8. The van der Waals surface area contributed by atoms with Gasteiger partial charge in [0.1, 0.15) is 34.3 Å². The van der Waals surface area contributed by atoms with Crippen LogP contribution in [0, 0.1) is 5.82 Å². The third-order valence-electron chi connectivity index (χ3n) is 5.40. The molecule has 5 N–H and O–H groups in total. The lowest BCUT2D eigenvalue weighted by atomic mass is 9.92. The zero-order valence-electron chi connectivity index (χ0n) is 18.4. The van der Waals surface area contributed by atoms with Crippen LogP contribution >= 0.6 is 10.6 Å². The van der Waals surface area contributed by atoms with Gasteiger partial charge < -0.3 is 15.8 Å². The Morgan fingerprint density at radius 3 is 2.49 bits per heavy atom. The van der Waals surface area contributed by atoms with Gasteiger partial charge in [0.05, 0.1) is 18.1 Å². The summed E-state index contributed by atoms with van der Waals surface area (Å²) in [6.45, 7) is -0.0385. The Morgan fingerprint density at radius 1 is 1.26 bits per heavy atom. The number of nitrogens with one attached hydrogen (secondary N) is 1. The SMILES string of the molecule is CC1(C)C(N)=N[C@](CF)(c2cc(NC(=O)c3cnc(OCC(F)(F)F)cn3)ccc2F)CS1(O)O. The number of nitrogens with two attached hydrogens (primary N) is 1. The number of hydrogen-bond donors (Lipinski definition) is 4. The molecule has 2 heterocycles. The standard InChI is InChI=1S/C20H22F5N5O4S/c1-18(2)17(26)30-19(8-21,10-35(18,32)33)12-5-11(3-4-13(12)22)29-16(31)14-6-28-15(7-27-14)34-9-20(23,24)25/h3-7,32-33H,8-10H2,1-2H3,(H2,26,30)(H,29,31)/t19-/m0/s1. The van der Waals surface area contributed by atoms with Crippen LogP contribution in [0.5, 0.6) is 5.88 Å². The highest BCUT2D eigenvalue weighted by atomic mass is 32.3. The number of rotatable bonds is 6. The summed E-state index contributed by atoms with van der Waals surface area (Å²) < 4.78 is 89.9. The number of halogens is 5. The van der Waals surface area contributed by atoms with E-state index in [9.17, 15) is 35.9 Å². The monoisotopic (exact) mass is 523 g/mol. The van der Waals surface area contributed by atoms with Crippen LogP contribution in [0.2, 0.25) is 0 Å². The van der Waals surface area contributed by atoms with Crippen molar-refractivity contribution in [3.05, 3.63) is 47.7 Å². The zero-order chi connectivity index (χ0) is 26.2. The predicted molar refractivity (Wildman–Crippen MR) is 119 cm³/mol. The molecule has 35 heavy (non-hydrogen) atoms. The number of hydrogen-bond acceptors (Lipinski definition) is 8. The first kappa shape index (κ1) is 26.6. The van der Waals surface area contributed by atoms with E-state index in [2.05, 4.69) is 25.0 Å². The molecule has 192 valence electrons. The number of amides is 1. The van der Waals surface area contributed by atoms with Crippen molar-refractivity contribution in [3.8, 4) is 5.88 Å². The minimum atomic E-state index is -4.58. The van der Waals surface area contributed by atoms with Crippen LogP contribution in [0.25, 0.3) is 0 Å². The van der Waals surface area contributed by atoms with Crippen molar-refractivity contribution in [2.24, 2.45) is 10.7 Å². The number of anilines is 1. The molecule has 1 aromatic heterocycles. The number of amidine groups is 1. The summed E-state index contributed by atoms with van der Waals surface area (Å²) in [4.78, 5) is 23.8. The summed E-state index contributed by atoms with van der Waals surface area (Å²) in [5, 5.41) is 2.38. The van der Waals surface area contributed by atoms with Crippen molar-refractivity contribution in [1.29, 1.82) is 0 Å². The lowest BCUT2D eigenvalue weighted by molar-refractivity contribution is -0.154. The molecular weight excluding hydrogens is 501 g/mol. The Balaban J connectivity index is 1.86. The molecule has 3 rings (SSSR count). The molecule has 0 bridgehead atoms. The number of benzene rings is 1. The molecule has 0 radical (unpaired) electrons. The summed E-state index contributed by atoms with van der Waals surface area (Å²) in [6, 6.07) is 3.17. The summed E-state index contributed by atoms with van der Waals surface area (Å²) in [5.74, 6) is -3.13. The van der Waals surface area contributed by atoms with Gasteiger partial charge in [-0.3, -0.25) is 18.9 Å². The highest BCUT2D eigenvalue weighted by Crippen LogP contribution is 2.59. The molecule has 9 nitrogen and oxygen atoms in total. The molecule has 1 amide bonds. The molecule has 0 fully saturated rings. The van der Waals surface area contributed by atoms with E-state index in [4.69, 9.17) is 5.73 Å². The van der Waals surface area contributed by atoms with Gasteiger partial charge in [-0.1, -0.05) is 0 Å². The van der Waals surface area contributed by atoms with Gasteiger partial charge >= 0.3 is 6.18 Å². The van der Waals surface area contributed by atoms with Gasteiger partial charge in [-0.25, -0.2) is 18.7 Å². The maximum atomic E-state index is 14.8. The van der Waals surface area contributed by atoms with E-state index in [1.165, 1.54) is 13.8 Å². The molecule has 0 saturated heterocycles. The highest BCUT2D eigenvalue weighted by Gasteiger charge is 2.51. The van der Waals surface area contributed by atoms with E-state index >= 15 is 0 Å². The summed E-state index contributed by atoms with van der Waals surface area (Å²) >= 11 is 0. The van der Waals surface area contributed by atoms with Gasteiger partial charge in [0, 0.05) is 11.3 Å². The Labute approximate surface area is 198 Å². The van der Waals surface area contributed by atoms with Crippen LogP contribution in [-0.4, -0.2) is 60.8 Å². The first-order chi connectivity index (χ1) is 16.1. The summed E-state index contributed by atoms with van der Waals surface area (Å²) in [7, 11) is -3.54. The minimum Gasteiger partial charge on any atom is -0.467 e. The summed E-state index contributed by atoms with van der Waals surface area (Å²) in [6.07, 6.45) is -2.88. The number of aliphatic imine (C=N–C) groups is 1. The topological polar surface area (TPSA) is 143 Å². The fourth-order valence-corrected chi connectivity index (χ4v) is 4.88. The van der Waals surface area contributed by atoms with Gasteiger partial charge in [-0.15, -0.1) is 0 Å². The fourth-order valence-electron chi connectivity index (χ4n) is 3.18. The smallest absolute Gasteiger partial charge is 0.422 e. The molecule has 15 heteroatoms. The molecule has 0 saturated carbocycles. The van der Waals surface area contributed by atoms with Gasteiger partial charge in [-0.2, -0.15) is 23.8 Å². The van der Waals surface area contributed by atoms with Crippen LogP contribution in [0.15, 0.2) is 35.6 Å². The highest BCUT2D eigenvalue weighted by molar-refractivity contribution is 8.26. The van der Waals surface area contributed by atoms with E-state index in [0.29, 0.717) is 0 Å². The molecular formula is C20H22F5N5O4S. The van der Waals surface area contributed by atoms with Crippen molar-refractivity contribution < 1.29 is 40.6 Å². The molecule has 0 spiro atoms. The number of nitrogens with zero attached hydrogens (tertiary/aromatic N) is 3. The van der Waals surface area contributed by atoms with Crippen molar-refractivity contribution in [1.82, 2.24) is 9.97 Å². The largest absolute Gasteiger partial charge is 0.467 e. The second kappa shape index (κ2) is 9.20. The predicted octanol–water partition coefficient (Wildman–Crippen LogP) is 3.87. The summed E-state index contributed by atoms with van der Waals surface area (Å²) in [5.41, 5.74) is 3.16. The molecule has 1 aliphatic heterocycles. The minimum absolute atomic E-state index is 0.0199. The fraction of sp³-hybridized carbons (Fsp3) is 0.400. The number of alkyl halides is 4. The van der Waals surface area contributed by atoms with E-state index in [1.807, 2.05) is 0 Å². The average molecular weight is 523 g/mol. The number of carbonyl (C=O) groups excluding carboxylic acids is 1. The lowest BCUT2D eigenvalue weighted by Gasteiger charge is -2.53. The van der Waals surface area contributed by atoms with Crippen LogP contribution in [-0.2, 0) is 5.54 Å². The number of carbonyl (C=O) groups is 1. The van der Waals surface area contributed by atoms with E-state index in [-0.39, 0.29) is 22.8 Å². The third-order valence-corrected chi connectivity index (χ3v) is 8.12. The van der Waals surface area contributed by atoms with Crippen molar-refractivity contribution in [2.45, 2.75) is 30.3 Å². The van der Waals surface area contributed by atoms with Gasteiger partial charge in [-0.05, 0) is 32.0 Å². The van der Waals surface area contributed by atoms with Gasteiger partial charge in [0.15, 0.2) is 6.61 Å². The Kier molecular flexibility index (Phi) is 6.98. The van der Waals surface area contributed by atoms with Gasteiger partial charge in [0.2, 0.25) is 5.88 Å². The average Bonchev–Trinajstić information content (AvgIpc) is 2.77. The van der Waals surface area contributed by atoms with Crippen molar-refractivity contribution in [2.75, 3.05) is 24.4 Å².